The number of aromatic nitrogens is 2. The van der Waals surface area contributed by atoms with Gasteiger partial charge in [-0.25, -0.2) is 4.68 Å². The molecule has 2 aromatic heterocycles. The van der Waals surface area contributed by atoms with Crippen molar-refractivity contribution in [2.45, 2.75) is 11.5 Å². The highest BCUT2D eigenvalue weighted by molar-refractivity contribution is 7.98. The summed E-state index contributed by atoms with van der Waals surface area (Å²) in [5.41, 5.74) is 3.08. The van der Waals surface area contributed by atoms with Gasteiger partial charge in [0.15, 0.2) is 0 Å². The van der Waals surface area contributed by atoms with E-state index in [4.69, 9.17) is 11.6 Å². The topological polar surface area (TPSA) is 46.9 Å². The van der Waals surface area contributed by atoms with Crippen molar-refractivity contribution in [3.8, 4) is 5.69 Å². The molecular formula is C16H12ClN3OS2. The molecule has 0 aliphatic carbocycles. The van der Waals surface area contributed by atoms with E-state index in [0.717, 1.165) is 34.3 Å². The van der Waals surface area contributed by atoms with E-state index in [1.807, 2.05) is 46.8 Å². The van der Waals surface area contributed by atoms with Crippen LogP contribution in [0.4, 0.5) is 5.82 Å². The van der Waals surface area contributed by atoms with E-state index in [-0.39, 0.29) is 5.91 Å². The van der Waals surface area contributed by atoms with Crippen LogP contribution in [0.25, 0.3) is 5.69 Å². The van der Waals surface area contributed by atoms with E-state index in [1.54, 1.807) is 12.1 Å². The number of amides is 1. The molecule has 0 saturated heterocycles. The Labute approximate surface area is 146 Å². The first kappa shape index (κ1) is 14.8. The number of carbonyl (C=O) groups excluding carboxylic acids is 1. The monoisotopic (exact) mass is 361 g/mol. The van der Waals surface area contributed by atoms with Gasteiger partial charge < -0.3 is 5.32 Å². The number of thiophene rings is 1. The molecule has 1 aliphatic rings. The van der Waals surface area contributed by atoms with Crippen LogP contribution in [0.3, 0.4) is 0 Å². The molecular weight excluding hydrogens is 350 g/mol. The van der Waals surface area contributed by atoms with Crippen molar-refractivity contribution in [2.24, 2.45) is 0 Å². The molecule has 0 atom stereocenters. The number of thioether (sulfide) groups is 1. The molecule has 1 N–H and O–H groups in total. The maximum atomic E-state index is 12.5. The zero-order valence-corrected chi connectivity index (χ0v) is 14.3. The van der Waals surface area contributed by atoms with Crippen molar-refractivity contribution < 1.29 is 4.79 Å². The second kappa shape index (κ2) is 6.03. The molecule has 1 aromatic carbocycles. The van der Waals surface area contributed by atoms with Gasteiger partial charge in [0.05, 0.1) is 20.6 Å². The lowest BCUT2D eigenvalue weighted by Gasteiger charge is -2.10. The predicted octanol–water partition coefficient (Wildman–Crippen LogP) is 4.59. The number of fused-ring (bicyclic) bond motifs is 1. The van der Waals surface area contributed by atoms with Crippen molar-refractivity contribution in [3.05, 3.63) is 62.9 Å². The Balaban J connectivity index is 1.74. The van der Waals surface area contributed by atoms with E-state index >= 15 is 0 Å². The normalized spacial score (nSPS) is 13.1. The third-order valence-electron chi connectivity index (χ3n) is 3.58. The lowest BCUT2D eigenvalue weighted by molar-refractivity contribution is 0.102. The predicted molar refractivity (Wildman–Crippen MR) is 95.8 cm³/mol. The number of benzene rings is 1. The summed E-state index contributed by atoms with van der Waals surface area (Å²) in [4.78, 5) is 13.1. The number of carbonyl (C=O) groups is 1. The van der Waals surface area contributed by atoms with Crippen LogP contribution >= 0.6 is 34.7 Å². The van der Waals surface area contributed by atoms with Gasteiger partial charge in [-0.1, -0.05) is 29.8 Å². The first-order chi connectivity index (χ1) is 11.2. The van der Waals surface area contributed by atoms with E-state index in [0.29, 0.717) is 9.21 Å². The quantitative estimate of drug-likeness (QED) is 0.742. The number of anilines is 1. The molecule has 7 heteroatoms. The Bertz CT molecular complexity index is 873. The van der Waals surface area contributed by atoms with Gasteiger partial charge in [-0.2, -0.15) is 16.9 Å². The van der Waals surface area contributed by atoms with Crippen LogP contribution in [0.2, 0.25) is 4.34 Å². The molecule has 1 amide bonds. The van der Waals surface area contributed by atoms with E-state index in [1.165, 1.54) is 11.3 Å². The summed E-state index contributed by atoms with van der Waals surface area (Å²) in [7, 11) is 0. The van der Waals surface area contributed by atoms with Crippen molar-refractivity contribution >= 4 is 46.4 Å². The maximum absolute atomic E-state index is 12.5. The highest BCUT2D eigenvalue weighted by atomic mass is 35.5. The number of halogens is 1. The fourth-order valence-electron chi connectivity index (χ4n) is 2.50. The fourth-order valence-corrected chi connectivity index (χ4v) is 4.48. The number of nitrogens with zero attached hydrogens (tertiary/aromatic N) is 2. The number of rotatable bonds is 3. The van der Waals surface area contributed by atoms with Crippen LogP contribution in [0.1, 0.15) is 20.9 Å². The van der Waals surface area contributed by atoms with E-state index < -0.39 is 0 Å². The summed E-state index contributed by atoms with van der Waals surface area (Å²) < 4.78 is 2.42. The van der Waals surface area contributed by atoms with Crippen molar-refractivity contribution in [3.63, 3.8) is 0 Å². The first-order valence-electron chi connectivity index (χ1n) is 7.03. The van der Waals surface area contributed by atoms with Gasteiger partial charge in [0.1, 0.15) is 5.82 Å². The minimum absolute atomic E-state index is 0.154. The Morgan fingerprint density at radius 1 is 1.17 bits per heavy atom. The van der Waals surface area contributed by atoms with Crippen molar-refractivity contribution in [1.29, 1.82) is 0 Å². The Morgan fingerprint density at radius 3 is 2.74 bits per heavy atom. The van der Waals surface area contributed by atoms with E-state index in [2.05, 4.69) is 10.4 Å². The zero-order valence-electron chi connectivity index (χ0n) is 12.0. The number of nitrogens with one attached hydrogen (secondary N) is 1. The van der Waals surface area contributed by atoms with Gasteiger partial charge in [-0.05, 0) is 24.3 Å². The van der Waals surface area contributed by atoms with Gasteiger partial charge in [0.2, 0.25) is 0 Å². The number of hydrogen-bond acceptors (Lipinski definition) is 4. The molecule has 0 fully saturated rings. The minimum atomic E-state index is -0.154. The van der Waals surface area contributed by atoms with Gasteiger partial charge in [-0.15, -0.1) is 11.3 Å². The second-order valence-corrected chi connectivity index (χ2v) is 7.77. The van der Waals surface area contributed by atoms with E-state index in [9.17, 15) is 4.79 Å². The SMILES string of the molecule is O=C(Nc1c2c(nn1-c1ccccc1)CSC2)c1ccc(Cl)s1. The summed E-state index contributed by atoms with van der Waals surface area (Å²) in [5.74, 6) is 2.34. The molecule has 0 saturated carbocycles. The standard InChI is InChI=1S/C16H12ClN3OS2/c17-14-7-6-13(23-14)16(21)18-15-11-8-22-9-12(11)19-20(15)10-4-2-1-3-5-10/h1-7H,8-9H2,(H,18,21). The van der Waals surface area contributed by atoms with Crippen LogP contribution in [0.5, 0.6) is 0 Å². The van der Waals surface area contributed by atoms with Crippen LogP contribution in [0.15, 0.2) is 42.5 Å². The highest BCUT2D eigenvalue weighted by Gasteiger charge is 2.25. The van der Waals surface area contributed by atoms with Gasteiger partial charge in [0.25, 0.3) is 5.91 Å². The number of hydrogen-bond donors (Lipinski definition) is 1. The van der Waals surface area contributed by atoms with Crippen LogP contribution < -0.4 is 5.32 Å². The van der Waals surface area contributed by atoms with Crippen molar-refractivity contribution in [2.75, 3.05) is 5.32 Å². The van der Waals surface area contributed by atoms with Gasteiger partial charge in [-0.3, -0.25) is 4.79 Å². The maximum Gasteiger partial charge on any atom is 0.266 e. The summed E-state index contributed by atoms with van der Waals surface area (Å²) in [6.45, 7) is 0. The summed E-state index contributed by atoms with van der Waals surface area (Å²) in [6.07, 6.45) is 0. The number of para-hydroxylation sites is 1. The molecule has 0 unspecified atom stereocenters. The van der Waals surface area contributed by atoms with Crippen LogP contribution in [-0.2, 0) is 11.5 Å². The van der Waals surface area contributed by atoms with Gasteiger partial charge in [0, 0.05) is 17.1 Å². The molecule has 0 spiro atoms. The smallest absolute Gasteiger partial charge is 0.266 e. The second-order valence-electron chi connectivity index (χ2n) is 5.07. The fraction of sp³-hybridized carbons (Fsp3) is 0.125. The molecule has 0 bridgehead atoms. The van der Waals surface area contributed by atoms with Crippen LogP contribution in [-0.4, -0.2) is 15.7 Å². The third-order valence-corrected chi connectivity index (χ3v) is 5.78. The molecule has 3 heterocycles. The molecule has 4 rings (SSSR count). The van der Waals surface area contributed by atoms with Crippen molar-refractivity contribution in [1.82, 2.24) is 9.78 Å². The Kier molecular flexibility index (Phi) is 3.88. The molecule has 3 aromatic rings. The first-order valence-corrected chi connectivity index (χ1v) is 9.38. The molecule has 1 aliphatic heterocycles. The summed E-state index contributed by atoms with van der Waals surface area (Å²) >= 11 is 9.01. The largest absolute Gasteiger partial charge is 0.305 e. The lowest BCUT2D eigenvalue weighted by Crippen LogP contribution is -2.15. The molecule has 0 radical (unpaired) electrons. The van der Waals surface area contributed by atoms with Gasteiger partial charge >= 0.3 is 0 Å². The zero-order chi connectivity index (χ0) is 15.8. The van der Waals surface area contributed by atoms with Crippen LogP contribution in [0, 0.1) is 0 Å². The Hall–Kier alpha value is -1.76. The highest BCUT2D eigenvalue weighted by Crippen LogP contribution is 2.36. The molecule has 23 heavy (non-hydrogen) atoms. The molecule has 116 valence electrons. The Morgan fingerprint density at radius 2 is 2.00 bits per heavy atom. The molecule has 4 nitrogen and oxygen atoms in total. The summed E-state index contributed by atoms with van der Waals surface area (Å²) in [5, 5.41) is 7.69. The summed E-state index contributed by atoms with van der Waals surface area (Å²) in [6, 6.07) is 13.3. The lowest BCUT2D eigenvalue weighted by atomic mass is 10.2. The minimum Gasteiger partial charge on any atom is -0.305 e. The third kappa shape index (κ3) is 2.78. The average molecular weight is 362 g/mol. The average Bonchev–Trinajstić information content (AvgIpc) is 3.25.